The highest BCUT2D eigenvalue weighted by Crippen LogP contribution is 2.21. The average Bonchev–Trinajstić information content (AvgIpc) is 3.16. The van der Waals surface area contributed by atoms with Crippen molar-refractivity contribution in [2.75, 3.05) is 26.2 Å². The number of hydrogen-bond acceptors (Lipinski definition) is 3. The summed E-state index contributed by atoms with van der Waals surface area (Å²) in [5, 5.41) is 0.643. The number of para-hydroxylation sites is 2. The monoisotopic (exact) mass is 458 g/mol. The fourth-order valence-electron chi connectivity index (χ4n) is 4.50. The van der Waals surface area contributed by atoms with Crippen molar-refractivity contribution in [3.8, 4) is 0 Å². The number of carbonyl (C=O) groups excluding carboxylic acids is 1. The van der Waals surface area contributed by atoms with Gasteiger partial charge in [0.1, 0.15) is 5.82 Å². The van der Waals surface area contributed by atoms with Gasteiger partial charge in [-0.25, -0.2) is 4.98 Å². The summed E-state index contributed by atoms with van der Waals surface area (Å²) in [6.07, 6.45) is 0. The second-order valence-corrected chi connectivity index (χ2v) is 9.10. The van der Waals surface area contributed by atoms with Crippen LogP contribution in [0.25, 0.3) is 11.0 Å². The first-order valence-electron chi connectivity index (χ1n) is 11.3. The van der Waals surface area contributed by atoms with Gasteiger partial charge in [-0.1, -0.05) is 53.6 Å². The second-order valence-electron chi connectivity index (χ2n) is 8.67. The number of imidazole rings is 1. The van der Waals surface area contributed by atoms with E-state index in [0.717, 1.165) is 43.0 Å². The Morgan fingerprint density at radius 1 is 0.909 bits per heavy atom. The van der Waals surface area contributed by atoms with E-state index >= 15 is 0 Å². The van der Waals surface area contributed by atoms with E-state index in [1.165, 1.54) is 11.1 Å². The molecule has 1 fully saturated rings. The summed E-state index contributed by atoms with van der Waals surface area (Å²) in [7, 11) is 0. The van der Waals surface area contributed by atoms with Crippen LogP contribution in [0.4, 0.5) is 0 Å². The van der Waals surface area contributed by atoms with Crippen LogP contribution in [0.3, 0.4) is 0 Å². The highest BCUT2D eigenvalue weighted by molar-refractivity contribution is 6.30. The van der Waals surface area contributed by atoms with Crippen LogP contribution in [0.5, 0.6) is 0 Å². The molecule has 0 N–H and O–H groups in total. The van der Waals surface area contributed by atoms with Crippen LogP contribution in [-0.4, -0.2) is 51.4 Å². The molecule has 1 aliphatic heterocycles. The van der Waals surface area contributed by atoms with Crippen LogP contribution >= 0.6 is 11.6 Å². The third kappa shape index (κ3) is 4.80. The van der Waals surface area contributed by atoms with Gasteiger partial charge < -0.3 is 9.47 Å². The zero-order valence-electron chi connectivity index (χ0n) is 18.7. The maximum Gasteiger partial charge on any atom is 0.253 e. The summed E-state index contributed by atoms with van der Waals surface area (Å²) in [6.45, 7) is 6.76. The zero-order chi connectivity index (χ0) is 22.8. The molecule has 0 unspecified atom stereocenters. The summed E-state index contributed by atoms with van der Waals surface area (Å²) in [6, 6.07) is 24.1. The molecular formula is C27H27ClN4O. The lowest BCUT2D eigenvalue weighted by molar-refractivity contribution is 0.0624. The molecule has 5 rings (SSSR count). The van der Waals surface area contributed by atoms with Crippen LogP contribution in [0.2, 0.25) is 5.02 Å². The highest BCUT2D eigenvalue weighted by Gasteiger charge is 2.23. The molecule has 1 aliphatic rings. The largest absolute Gasteiger partial charge is 0.336 e. The molecule has 1 aromatic heterocycles. The number of rotatable bonds is 5. The Labute approximate surface area is 199 Å². The van der Waals surface area contributed by atoms with Gasteiger partial charge in [0.15, 0.2) is 0 Å². The first-order valence-corrected chi connectivity index (χ1v) is 11.7. The second kappa shape index (κ2) is 9.38. The van der Waals surface area contributed by atoms with Crippen molar-refractivity contribution >= 4 is 28.5 Å². The molecule has 1 saturated heterocycles. The number of aromatic nitrogens is 2. The van der Waals surface area contributed by atoms with Gasteiger partial charge in [-0.2, -0.15) is 0 Å². The molecular weight excluding hydrogens is 432 g/mol. The number of amides is 1. The SMILES string of the molecule is Cc1cccc(Cn2c(CN3CCN(C(=O)c4ccc(Cl)cc4)CC3)nc3ccccc32)c1. The van der Waals surface area contributed by atoms with Crippen LogP contribution in [0, 0.1) is 6.92 Å². The predicted octanol–water partition coefficient (Wildman–Crippen LogP) is 5.00. The molecule has 0 radical (unpaired) electrons. The van der Waals surface area contributed by atoms with Gasteiger partial charge in [-0.15, -0.1) is 0 Å². The zero-order valence-corrected chi connectivity index (χ0v) is 19.5. The van der Waals surface area contributed by atoms with Gasteiger partial charge in [0, 0.05) is 43.3 Å². The van der Waals surface area contributed by atoms with E-state index in [-0.39, 0.29) is 5.91 Å². The van der Waals surface area contributed by atoms with Gasteiger partial charge in [0.05, 0.1) is 17.6 Å². The van der Waals surface area contributed by atoms with Crippen LogP contribution in [0.1, 0.15) is 27.3 Å². The minimum absolute atomic E-state index is 0.0676. The van der Waals surface area contributed by atoms with Crippen molar-refractivity contribution < 1.29 is 4.79 Å². The van der Waals surface area contributed by atoms with E-state index < -0.39 is 0 Å². The molecule has 6 heteroatoms. The van der Waals surface area contributed by atoms with E-state index in [2.05, 4.69) is 58.9 Å². The lowest BCUT2D eigenvalue weighted by Crippen LogP contribution is -2.48. The van der Waals surface area contributed by atoms with E-state index in [9.17, 15) is 4.79 Å². The molecule has 4 aromatic rings. The van der Waals surface area contributed by atoms with Gasteiger partial charge in [-0.3, -0.25) is 9.69 Å². The van der Waals surface area contributed by atoms with E-state index in [4.69, 9.17) is 16.6 Å². The maximum absolute atomic E-state index is 12.8. The minimum Gasteiger partial charge on any atom is -0.336 e. The molecule has 3 aromatic carbocycles. The number of halogens is 1. The Hall–Kier alpha value is -3.15. The van der Waals surface area contributed by atoms with E-state index in [0.29, 0.717) is 23.7 Å². The molecule has 2 heterocycles. The Bertz CT molecular complexity index is 1270. The summed E-state index contributed by atoms with van der Waals surface area (Å²) in [5.41, 5.74) is 5.41. The van der Waals surface area contributed by atoms with Gasteiger partial charge in [0.2, 0.25) is 0 Å². The summed E-state index contributed by atoms with van der Waals surface area (Å²) < 4.78 is 2.33. The van der Waals surface area contributed by atoms with Crippen molar-refractivity contribution in [2.45, 2.75) is 20.0 Å². The average molecular weight is 459 g/mol. The van der Waals surface area contributed by atoms with E-state index in [1.54, 1.807) is 24.3 Å². The van der Waals surface area contributed by atoms with Crippen molar-refractivity contribution in [3.63, 3.8) is 0 Å². The molecule has 33 heavy (non-hydrogen) atoms. The molecule has 1 amide bonds. The quantitative estimate of drug-likeness (QED) is 0.422. The fourth-order valence-corrected chi connectivity index (χ4v) is 4.63. The van der Waals surface area contributed by atoms with Crippen molar-refractivity contribution in [1.82, 2.24) is 19.4 Å². The fraction of sp³-hybridized carbons (Fsp3) is 0.259. The number of aryl methyl sites for hydroxylation is 1. The lowest BCUT2D eigenvalue weighted by atomic mass is 10.1. The number of benzene rings is 3. The third-order valence-electron chi connectivity index (χ3n) is 6.27. The third-order valence-corrected chi connectivity index (χ3v) is 6.52. The number of hydrogen-bond donors (Lipinski definition) is 0. The molecule has 5 nitrogen and oxygen atoms in total. The maximum atomic E-state index is 12.8. The standard InChI is InChI=1S/C27H27ClN4O/c1-20-5-4-6-21(17-20)18-32-25-8-3-2-7-24(25)29-26(32)19-30-13-15-31(16-14-30)27(33)22-9-11-23(28)12-10-22/h2-12,17H,13-16,18-19H2,1H3. The molecule has 0 aliphatic carbocycles. The van der Waals surface area contributed by atoms with Crippen LogP contribution in [0.15, 0.2) is 72.8 Å². The van der Waals surface area contributed by atoms with Crippen molar-refractivity contribution in [3.05, 3.63) is 100 Å². The number of fused-ring (bicyclic) bond motifs is 1. The van der Waals surface area contributed by atoms with Crippen LogP contribution in [-0.2, 0) is 13.1 Å². The smallest absolute Gasteiger partial charge is 0.253 e. The highest BCUT2D eigenvalue weighted by atomic mass is 35.5. The van der Waals surface area contributed by atoms with Gasteiger partial charge in [0.25, 0.3) is 5.91 Å². The minimum atomic E-state index is 0.0676. The Kier molecular flexibility index (Phi) is 6.16. The Balaban J connectivity index is 1.31. The number of carbonyl (C=O) groups is 1. The molecule has 168 valence electrons. The topological polar surface area (TPSA) is 41.4 Å². The molecule has 0 bridgehead atoms. The molecule has 0 spiro atoms. The van der Waals surface area contributed by atoms with Gasteiger partial charge >= 0.3 is 0 Å². The van der Waals surface area contributed by atoms with Crippen LogP contribution < -0.4 is 0 Å². The summed E-state index contributed by atoms with van der Waals surface area (Å²) in [4.78, 5) is 22.1. The number of nitrogens with zero attached hydrogens (tertiary/aromatic N) is 4. The predicted molar refractivity (Wildman–Crippen MR) is 133 cm³/mol. The lowest BCUT2D eigenvalue weighted by Gasteiger charge is -2.34. The Morgan fingerprint density at radius 3 is 2.42 bits per heavy atom. The Morgan fingerprint density at radius 2 is 1.67 bits per heavy atom. The van der Waals surface area contributed by atoms with Gasteiger partial charge in [-0.05, 0) is 48.9 Å². The summed E-state index contributed by atoms with van der Waals surface area (Å²) >= 11 is 5.96. The van der Waals surface area contributed by atoms with Crippen molar-refractivity contribution in [1.29, 1.82) is 0 Å². The first kappa shape index (κ1) is 21.7. The molecule has 0 saturated carbocycles. The first-order chi connectivity index (χ1) is 16.1. The summed E-state index contributed by atoms with van der Waals surface area (Å²) in [5.74, 6) is 1.13. The number of piperazine rings is 1. The molecule has 0 atom stereocenters. The van der Waals surface area contributed by atoms with Crippen molar-refractivity contribution in [2.24, 2.45) is 0 Å². The normalized spacial score (nSPS) is 14.7. The van der Waals surface area contributed by atoms with E-state index in [1.807, 2.05) is 11.0 Å².